The molecule has 12 heteroatoms. The van der Waals surface area contributed by atoms with Crippen molar-refractivity contribution in [2.75, 3.05) is 0 Å². The van der Waals surface area contributed by atoms with E-state index in [0.29, 0.717) is 11.1 Å². The molecule has 5 rings (SSSR count). The maximum atomic E-state index is 12.9. The minimum atomic E-state index is -1.21. The first-order valence-electron chi connectivity index (χ1n) is 10.2. The van der Waals surface area contributed by atoms with Crippen molar-refractivity contribution in [3.63, 3.8) is 0 Å². The lowest BCUT2D eigenvalue weighted by atomic mass is 9.96. The van der Waals surface area contributed by atoms with Crippen molar-refractivity contribution >= 4 is 34.3 Å². The van der Waals surface area contributed by atoms with Gasteiger partial charge in [0.2, 0.25) is 11.6 Å². The van der Waals surface area contributed by atoms with E-state index in [2.05, 4.69) is 0 Å². The van der Waals surface area contributed by atoms with Crippen LogP contribution in [0.3, 0.4) is 0 Å². The fourth-order valence-electron chi connectivity index (χ4n) is 4.54. The molecule has 3 aromatic carbocycles. The molecule has 174 valence electrons. The maximum absolute atomic E-state index is 12.9. The number of Topliss-reactive ketones (excluding diaryl/α,β-unsaturated/α-hetero) is 2. The number of hydrogen-bond donors (Lipinski definition) is 6. The van der Waals surface area contributed by atoms with E-state index in [9.17, 15) is 30.4 Å². The molecule has 6 N–H and O–H groups in total. The van der Waals surface area contributed by atoms with Crippen LogP contribution in [-0.2, 0) is 0 Å². The number of ketones is 2. The Morgan fingerprint density at radius 2 is 1.00 bits per heavy atom. The van der Waals surface area contributed by atoms with Crippen LogP contribution in [-0.4, -0.2) is 22.0 Å². The molecule has 2 aliphatic rings. The Hall–Kier alpha value is -3.40. The van der Waals surface area contributed by atoms with Gasteiger partial charge in [0.25, 0.3) is 0 Å². The number of carbonyl (C=O) groups excluding carboxylic acids is 2. The summed E-state index contributed by atoms with van der Waals surface area (Å²) in [6.07, 6.45) is 0. The SMILES string of the molecule is O=C1c2ccc([NH+]([O-])O)cc2[NH+]([O-])C1c1ccc(C2C(=O)c3ccc([NH+]([O-])O)cc3[NH+]2[O-])cc1. The smallest absolute Gasteiger partial charge is 0.231 e. The predicted molar refractivity (Wildman–Crippen MR) is 113 cm³/mol. The lowest BCUT2D eigenvalue weighted by molar-refractivity contribution is -0.991. The van der Waals surface area contributed by atoms with Crippen LogP contribution in [0.25, 0.3) is 0 Å². The van der Waals surface area contributed by atoms with Crippen molar-refractivity contribution in [1.82, 2.24) is 0 Å². The number of rotatable bonds is 4. The van der Waals surface area contributed by atoms with Gasteiger partial charge in [0.1, 0.15) is 11.4 Å². The van der Waals surface area contributed by atoms with Crippen molar-refractivity contribution in [3.8, 4) is 0 Å². The molecule has 0 saturated carbocycles. The van der Waals surface area contributed by atoms with Crippen LogP contribution in [0.1, 0.15) is 43.9 Å². The highest BCUT2D eigenvalue weighted by molar-refractivity contribution is 6.06. The summed E-state index contributed by atoms with van der Waals surface area (Å²) in [4.78, 5) is 25.7. The van der Waals surface area contributed by atoms with Crippen molar-refractivity contribution in [2.24, 2.45) is 0 Å². The van der Waals surface area contributed by atoms with Gasteiger partial charge in [-0.3, -0.25) is 9.59 Å². The number of hydrogen-bond acceptors (Lipinski definition) is 8. The van der Waals surface area contributed by atoms with Gasteiger partial charge >= 0.3 is 0 Å². The van der Waals surface area contributed by atoms with Crippen LogP contribution in [0.2, 0.25) is 0 Å². The zero-order valence-corrected chi connectivity index (χ0v) is 17.3. The Balaban J connectivity index is 1.43. The number of nitrogens with one attached hydrogen (secondary N) is 4. The van der Waals surface area contributed by atoms with E-state index in [-0.39, 0.29) is 33.9 Å². The molecule has 6 atom stereocenters. The largest absolute Gasteiger partial charge is 0.628 e. The van der Waals surface area contributed by atoms with Crippen molar-refractivity contribution in [2.45, 2.75) is 12.1 Å². The second-order valence-electron chi connectivity index (χ2n) is 8.12. The number of hydroxylamine groups is 2. The first-order chi connectivity index (χ1) is 16.2. The fraction of sp³-hybridized carbons (Fsp3) is 0.0909. The van der Waals surface area contributed by atoms with Gasteiger partial charge in [-0.25, -0.2) is 10.4 Å². The first kappa shape index (κ1) is 22.4. The lowest BCUT2D eigenvalue weighted by Gasteiger charge is -2.26. The molecular weight excluding hydrogens is 448 g/mol. The van der Waals surface area contributed by atoms with Gasteiger partial charge in [-0.1, -0.05) is 24.3 Å². The Bertz CT molecular complexity index is 1210. The maximum Gasteiger partial charge on any atom is 0.231 e. The Kier molecular flexibility index (Phi) is 5.35. The molecule has 34 heavy (non-hydrogen) atoms. The molecule has 2 aliphatic heterocycles. The normalized spacial score (nSPS) is 25.2. The van der Waals surface area contributed by atoms with Gasteiger partial charge in [0, 0.05) is 23.3 Å². The summed E-state index contributed by atoms with van der Waals surface area (Å²) in [5.41, 5.74) is 0.907. The van der Waals surface area contributed by atoms with Gasteiger partial charge in [0.15, 0.2) is 23.5 Å². The molecule has 0 bridgehead atoms. The number of fused-ring (bicyclic) bond motifs is 2. The zero-order chi connectivity index (χ0) is 24.3. The fourth-order valence-corrected chi connectivity index (χ4v) is 4.54. The van der Waals surface area contributed by atoms with E-state index in [1.807, 2.05) is 0 Å². The molecule has 0 aromatic heterocycles. The summed E-state index contributed by atoms with van der Waals surface area (Å²) < 4.78 is 0. The molecule has 2 heterocycles. The first-order valence-corrected chi connectivity index (χ1v) is 10.2. The Morgan fingerprint density at radius 3 is 1.32 bits per heavy atom. The molecule has 12 nitrogen and oxygen atoms in total. The molecule has 0 spiro atoms. The summed E-state index contributed by atoms with van der Waals surface area (Å²) in [5, 5.41) is 63.1. The van der Waals surface area contributed by atoms with Crippen molar-refractivity contribution in [3.05, 3.63) is 104 Å². The average molecular weight is 466 g/mol. The monoisotopic (exact) mass is 466 g/mol. The number of carbonyl (C=O) groups is 2. The topological polar surface area (TPSA) is 185 Å². The van der Waals surface area contributed by atoms with E-state index in [4.69, 9.17) is 10.4 Å². The standard InChI is InChI=1S/C22H18N4O8/c27-21-15-7-5-13(25(31)32)9-17(15)23(29)19(21)11-1-2-12(4-3-11)20-22(28)16-8-6-14(26(33)34)10-18(16)24(20)30/h1-10,19-20,23-26,31,33H. The van der Waals surface area contributed by atoms with Crippen LogP contribution in [0.5, 0.6) is 0 Å². The van der Waals surface area contributed by atoms with Crippen molar-refractivity contribution < 1.29 is 40.6 Å². The minimum absolute atomic E-state index is 0.0461. The Labute approximate surface area is 191 Å². The molecular formula is C22H18N4O8. The van der Waals surface area contributed by atoms with Crippen LogP contribution in [0, 0.1) is 20.8 Å². The molecule has 0 aliphatic carbocycles. The molecule has 0 amide bonds. The third-order valence-corrected chi connectivity index (χ3v) is 6.25. The minimum Gasteiger partial charge on any atom is -0.628 e. The summed E-state index contributed by atoms with van der Waals surface area (Å²) in [6, 6.07) is 11.2. The third kappa shape index (κ3) is 3.35. The highest BCUT2D eigenvalue weighted by Gasteiger charge is 2.42. The van der Waals surface area contributed by atoms with E-state index in [1.165, 1.54) is 60.7 Å². The molecule has 0 fully saturated rings. The van der Waals surface area contributed by atoms with E-state index in [0.717, 1.165) is 0 Å². The van der Waals surface area contributed by atoms with Crippen LogP contribution in [0.4, 0.5) is 22.7 Å². The van der Waals surface area contributed by atoms with Gasteiger partial charge in [-0.2, -0.15) is 10.5 Å². The molecule has 0 saturated heterocycles. The van der Waals surface area contributed by atoms with Crippen LogP contribution < -0.4 is 20.6 Å². The third-order valence-electron chi connectivity index (χ3n) is 6.25. The lowest BCUT2D eigenvalue weighted by Crippen LogP contribution is -3.02. The highest BCUT2D eigenvalue weighted by Crippen LogP contribution is 2.32. The summed E-state index contributed by atoms with van der Waals surface area (Å²) in [5.74, 6) is -0.905. The van der Waals surface area contributed by atoms with Gasteiger partial charge < -0.3 is 31.0 Å². The number of quaternary nitrogens is 4. The highest BCUT2D eigenvalue weighted by atomic mass is 16.8. The predicted octanol–water partition coefficient (Wildman–Crippen LogP) is -1.60. The van der Waals surface area contributed by atoms with Gasteiger partial charge in [-0.05, 0) is 12.1 Å². The van der Waals surface area contributed by atoms with Crippen molar-refractivity contribution in [1.29, 1.82) is 0 Å². The van der Waals surface area contributed by atoms with Gasteiger partial charge in [0.05, 0.1) is 23.3 Å². The molecule has 6 unspecified atom stereocenters. The number of benzene rings is 3. The summed E-state index contributed by atoms with van der Waals surface area (Å²) in [7, 11) is 0. The summed E-state index contributed by atoms with van der Waals surface area (Å²) >= 11 is 0. The Morgan fingerprint density at radius 1 is 0.647 bits per heavy atom. The quantitative estimate of drug-likeness (QED) is 0.196. The molecule has 0 radical (unpaired) electrons. The van der Waals surface area contributed by atoms with Crippen LogP contribution >= 0.6 is 0 Å². The summed E-state index contributed by atoms with van der Waals surface area (Å²) in [6.45, 7) is 0. The van der Waals surface area contributed by atoms with E-state index < -0.39 is 44.2 Å². The average Bonchev–Trinajstić information content (AvgIpc) is 3.22. The second kappa shape index (κ2) is 8.12. The second-order valence-corrected chi connectivity index (χ2v) is 8.12. The van der Waals surface area contributed by atoms with E-state index >= 15 is 0 Å². The zero-order valence-electron chi connectivity index (χ0n) is 17.3. The molecule has 3 aromatic rings. The van der Waals surface area contributed by atoms with Crippen LogP contribution in [0.15, 0.2) is 60.7 Å². The van der Waals surface area contributed by atoms with E-state index in [1.54, 1.807) is 0 Å². The van der Waals surface area contributed by atoms with Gasteiger partial charge in [-0.15, -0.1) is 0 Å².